The zero-order valence-electron chi connectivity index (χ0n) is 12.5. The summed E-state index contributed by atoms with van der Waals surface area (Å²) < 4.78 is 5.08. The Hall–Kier alpha value is -3.01. The summed E-state index contributed by atoms with van der Waals surface area (Å²) in [5.41, 5.74) is 2.50. The van der Waals surface area contributed by atoms with Crippen molar-refractivity contribution in [2.75, 3.05) is 5.43 Å². The summed E-state index contributed by atoms with van der Waals surface area (Å²) in [5, 5.41) is 21.5. The molecule has 0 atom stereocenters. The Morgan fingerprint density at radius 3 is 2.55 bits per heavy atom. The van der Waals surface area contributed by atoms with E-state index in [1.807, 2.05) is 6.07 Å². The van der Waals surface area contributed by atoms with Crippen LogP contribution in [0.5, 0.6) is 0 Å². The van der Waals surface area contributed by atoms with Gasteiger partial charge in [0.25, 0.3) is 0 Å². The largest absolute Gasteiger partial charge is 0.692 e. The highest BCUT2D eigenvalue weighted by atomic mass is 16.6. The molecule has 7 nitrogen and oxygen atoms in total. The van der Waals surface area contributed by atoms with Gasteiger partial charge in [0.1, 0.15) is 23.4 Å². The van der Waals surface area contributed by atoms with E-state index < -0.39 is 11.7 Å². The number of nitrogens with zero attached hydrogens (tertiary/aromatic N) is 3. The molecule has 1 amide bonds. The first-order valence-corrected chi connectivity index (χ1v) is 6.62. The van der Waals surface area contributed by atoms with Gasteiger partial charge < -0.3 is 9.94 Å². The van der Waals surface area contributed by atoms with Crippen molar-refractivity contribution in [2.24, 2.45) is 0 Å². The van der Waals surface area contributed by atoms with Crippen LogP contribution in [0.25, 0.3) is 11.3 Å². The van der Waals surface area contributed by atoms with Crippen molar-refractivity contribution in [3.05, 3.63) is 47.3 Å². The monoisotopic (exact) mass is 300 g/mol. The van der Waals surface area contributed by atoms with Gasteiger partial charge in [-0.2, -0.15) is 14.9 Å². The number of aromatic nitrogens is 2. The minimum Gasteiger partial charge on any atom is -0.692 e. The molecule has 1 aromatic heterocycles. The van der Waals surface area contributed by atoms with Crippen LogP contribution in [0.2, 0.25) is 0 Å². The molecular weight excluding hydrogens is 284 g/mol. The first kappa shape index (κ1) is 15.4. The van der Waals surface area contributed by atoms with Crippen LogP contribution in [0.15, 0.2) is 36.5 Å². The lowest BCUT2D eigenvalue weighted by molar-refractivity contribution is -0.678. The molecule has 22 heavy (non-hydrogen) atoms. The molecule has 1 aromatic carbocycles. The molecule has 0 bridgehead atoms. The molecule has 2 aromatic rings. The number of ether oxygens (including phenoxy) is 1. The van der Waals surface area contributed by atoms with Gasteiger partial charge >= 0.3 is 6.09 Å². The van der Waals surface area contributed by atoms with E-state index in [1.54, 1.807) is 51.1 Å². The van der Waals surface area contributed by atoms with E-state index in [1.165, 1.54) is 6.20 Å². The molecule has 0 fully saturated rings. The van der Waals surface area contributed by atoms with Crippen LogP contribution in [-0.4, -0.2) is 16.5 Å². The van der Waals surface area contributed by atoms with Crippen LogP contribution in [-0.2, 0) is 4.74 Å². The molecule has 114 valence electrons. The van der Waals surface area contributed by atoms with Crippen molar-refractivity contribution < 1.29 is 14.4 Å². The predicted molar refractivity (Wildman–Crippen MR) is 79.1 cm³/mol. The molecule has 0 saturated heterocycles. The Kier molecular flexibility index (Phi) is 4.04. The molecule has 2 rings (SSSR count). The fraction of sp³-hybridized carbons (Fsp3) is 0.267. The van der Waals surface area contributed by atoms with E-state index in [-0.39, 0.29) is 11.3 Å². The third-order valence-corrected chi connectivity index (χ3v) is 2.67. The summed E-state index contributed by atoms with van der Waals surface area (Å²) >= 11 is 0. The second kappa shape index (κ2) is 5.77. The van der Waals surface area contributed by atoms with Gasteiger partial charge in [-0.3, -0.25) is 0 Å². The second-order valence-corrected chi connectivity index (χ2v) is 5.60. The van der Waals surface area contributed by atoms with E-state index >= 15 is 0 Å². The van der Waals surface area contributed by atoms with Crippen molar-refractivity contribution in [1.29, 1.82) is 5.26 Å². The highest BCUT2D eigenvalue weighted by Gasteiger charge is 2.23. The van der Waals surface area contributed by atoms with Gasteiger partial charge in [0.2, 0.25) is 0 Å². The van der Waals surface area contributed by atoms with Crippen LogP contribution in [0.4, 0.5) is 4.79 Å². The van der Waals surface area contributed by atoms with Gasteiger partial charge in [0, 0.05) is 5.56 Å². The number of hydrogen-bond acceptors (Lipinski definition) is 4. The number of hydrogen-bond donors (Lipinski definition) is 1. The summed E-state index contributed by atoms with van der Waals surface area (Å²) in [6.45, 7) is 5.14. The maximum absolute atomic E-state index is 12.3. The van der Waals surface area contributed by atoms with Crippen LogP contribution < -0.4 is 10.3 Å². The standard InChI is InChI=1S/C15H16N4O3/c1-15(2,3)22-14(20)17-18-10-12(9-16)13(19(18)21)11-7-5-4-6-8-11/h4-8,10H,1-3H3,(H,17,20). The minimum absolute atomic E-state index is 0.150. The van der Waals surface area contributed by atoms with Gasteiger partial charge in [-0.15, -0.1) is 5.43 Å². The summed E-state index contributed by atoms with van der Waals surface area (Å²) in [4.78, 5) is 13.1. The maximum Gasteiger partial charge on any atom is 0.524 e. The van der Waals surface area contributed by atoms with Crippen LogP contribution in [0, 0.1) is 16.5 Å². The quantitative estimate of drug-likeness (QED) is 0.679. The second-order valence-electron chi connectivity index (χ2n) is 5.60. The molecular formula is C15H16N4O3. The lowest BCUT2D eigenvalue weighted by Crippen LogP contribution is -2.46. The van der Waals surface area contributed by atoms with E-state index in [9.17, 15) is 15.3 Å². The Balaban J connectivity index is 2.34. The van der Waals surface area contributed by atoms with Crippen molar-refractivity contribution in [1.82, 2.24) is 4.79 Å². The molecule has 0 aliphatic carbocycles. The summed E-state index contributed by atoms with van der Waals surface area (Å²) in [6.07, 6.45) is 0.468. The Morgan fingerprint density at radius 2 is 2.00 bits per heavy atom. The fourth-order valence-corrected chi connectivity index (χ4v) is 1.86. The summed E-state index contributed by atoms with van der Waals surface area (Å²) in [6, 6.07) is 10.7. The van der Waals surface area contributed by atoms with Gasteiger partial charge in [0.15, 0.2) is 5.69 Å². The highest BCUT2D eigenvalue weighted by molar-refractivity contribution is 5.76. The molecule has 0 aliphatic heterocycles. The molecule has 0 unspecified atom stereocenters. The molecule has 1 N–H and O–H groups in total. The van der Waals surface area contributed by atoms with Gasteiger partial charge in [-0.25, -0.2) is 0 Å². The van der Waals surface area contributed by atoms with E-state index in [4.69, 9.17) is 4.74 Å². The predicted octanol–water partition coefficient (Wildman–Crippen LogP) is 2.14. The summed E-state index contributed by atoms with van der Waals surface area (Å²) in [5.74, 6) is 0. The third-order valence-electron chi connectivity index (χ3n) is 2.67. The Morgan fingerprint density at radius 1 is 1.36 bits per heavy atom. The first-order chi connectivity index (χ1) is 10.3. The smallest absolute Gasteiger partial charge is 0.524 e. The van der Waals surface area contributed by atoms with E-state index in [2.05, 4.69) is 5.43 Å². The Bertz CT molecular complexity index is 724. The van der Waals surface area contributed by atoms with Crippen LogP contribution in [0.3, 0.4) is 0 Å². The number of nitrogens with one attached hydrogen (secondary N) is 1. The van der Waals surface area contributed by atoms with Crippen molar-refractivity contribution in [2.45, 2.75) is 26.4 Å². The lowest BCUT2D eigenvalue weighted by Gasteiger charge is -2.17. The van der Waals surface area contributed by atoms with Crippen molar-refractivity contribution >= 4 is 6.09 Å². The van der Waals surface area contributed by atoms with E-state index in [0.29, 0.717) is 10.4 Å². The minimum atomic E-state index is -0.781. The van der Waals surface area contributed by atoms with Gasteiger partial charge in [-0.05, 0) is 20.8 Å². The molecule has 0 spiro atoms. The summed E-state index contributed by atoms with van der Waals surface area (Å²) in [7, 11) is 0. The van der Waals surface area contributed by atoms with Crippen LogP contribution >= 0.6 is 0 Å². The number of carbonyl (C=O) groups is 1. The first-order valence-electron chi connectivity index (χ1n) is 6.62. The van der Waals surface area contributed by atoms with E-state index in [0.717, 1.165) is 4.79 Å². The molecule has 0 aliphatic rings. The highest BCUT2D eigenvalue weighted by Crippen LogP contribution is 2.19. The number of nitriles is 1. The average molecular weight is 300 g/mol. The molecule has 7 heteroatoms. The van der Waals surface area contributed by atoms with Gasteiger partial charge in [-0.1, -0.05) is 35.1 Å². The number of rotatable bonds is 2. The Labute approximate surface area is 127 Å². The normalized spacial score (nSPS) is 10.8. The lowest BCUT2D eigenvalue weighted by atomic mass is 10.1. The molecule has 1 heterocycles. The van der Waals surface area contributed by atoms with Gasteiger partial charge in [0.05, 0.1) is 0 Å². The molecule has 0 radical (unpaired) electrons. The zero-order chi connectivity index (χ0) is 16.3. The zero-order valence-corrected chi connectivity index (χ0v) is 12.5. The fourth-order valence-electron chi connectivity index (χ4n) is 1.86. The van der Waals surface area contributed by atoms with Crippen LogP contribution in [0.1, 0.15) is 26.3 Å². The SMILES string of the molecule is CC(C)(C)OC(=O)Nn1cc(C#N)c(-c2ccccc2)[n+]1[O-]. The third kappa shape index (κ3) is 3.35. The number of carbonyl (C=O) groups excluding carboxylic acids is 1. The molecule has 0 saturated carbocycles. The number of amides is 1. The maximum atomic E-state index is 12.3. The van der Waals surface area contributed by atoms with Crippen molar-refractivity contribution in [3.8, 4) is 17.3 Å². The topological polar surface area (TPSA) is 94.0 Å². The average Bonchev–Trinajstić information content (AvgIpc) is 2.74. The van der Waals surface area contributed by atoms with Crippen molar-refractivity contribution in [3.63, 3.8) is 0 Å². The number of benzene rings is 1.